The number of carbonyl (C=O) groups is 1. The minimum atomic E-state index is -1.02. The molecule has 1 amide bonds. The lowest BCUT2D eigenvalue weighted by Crippen LogP contribution is -2.55. The van der Waals surface area contributed by atoms with Crippen molar-refractivity contribution >= 4 is 22.6 Å². The predicted octanol–water partition coefficient (Wildman–Crippen LogP) is 5.39. The average molecular weight is 611 g/mol. The van der Waals surface area contributed by atoms with E-state index in [1.165, 1.54) is 28.9 Å². The maximum Gasteiger partial charge on any atom is 0.319 e. The van der Waals surface area contributed by atoms with Crippen LogP contribution >= 0.6 is 0 Å². The zero-order valence-corrected chi connectivity index (χ0v) is 25.8. The van der Waals surface area contributed by atoms with Crippen LogP contribution in [0.2, 0.25) is 0 Å². The summed E-state index contributed by atoms with van der Waals surface area (Å²) in [5, 5.41) is 10.4. The number of likely N-dealkylation sites (N-methyl/N-ethyl adjacent to an activating group) is 1. The highest BCUT2D eigenvalue weighted by molar-refractivity contribution is 6.00. The highest BCUT2D eigenvalue weighted by Crippen LogP contribution is 2.49. The Hall–Kier alpha value is -4.23. The van der Waals surface area contributed by atoms with Crippen LogP contribution in [0, 0.1) is 11.3 Å². The quantitative estimate of drug-likeness (QED) is 0.314. The average Bonchev–Trinajstić information content (AvgIpc) is 3.83. The van der Waals surface area contributed by atoms with Crippen molar-refractivity contribution in [3.8, 4) is 29.0 Å². The molecule has 2 aromatic carbocycles. The summed E-state index contributed by atoms with van der Waals surface area (Å²) in [5.41, 5.74) is 5.64. The Morgan fingerprint density at radius 2 is 1.98 bits per heavy atom. The first-order valence-electron chi connectivity index (χ1n) is 16.1. The molecule has 234 valence electrons. The number of nitriles is 1. The maximum absolute atomic E-state index is 13.9. The first-order valence-corrected chi connectivity index (χ1v) is 16.1. The number of likely N-dealkylation sites (tertiary alicyclic amines) is 1. The Kier molecular flexibility index (Phi) is 8.04. The lowest BCUT2D eigenvalue weighted by molar-refractivity contribution is -0.131. The molecule has 7 rings (SSSR count). The number of anilines is 1. The number of nitrogens with zero attached hydrogens (tertiary/aromatic N) is 6. The van der Waals surface area contributed by atoms with E-state index in [-0.39, 0.29) is 13.0 Å². The summed E-state index contributed by atoms with van der Waals surface area (Å²) in [6.07, 6.45) is 6.47. The molecule has 2 atom stereocenters. The molecule has 45 heavy (non-hydrogen) atoms. The molecule has 4 aliphatic rings. The van der Waals surface area contributed by atoms with Crippen LogP contribution in [-0.2, 0) is 11.2 Å². The van der Waals surface area contributed by atoms with Crippen LogP contribution in [0.15, 0.2) is 42.7 Å². The third kappa shape index (κ3) is 5.70. The van der Waals surface area contributed by atoms with Crippen molar-refractivity contribution in [2.24, 2.45) is 0 Å². The van der Waals surface area contributed by atoms with Crippen LogP contribution < -0.4 is 14.4 Å². The van der Waals surface area contributed by atoms with Crippen LogP contribution in [0.5, 0.6) is 11.8 Å². The first-order chi connectivity index (χ1) is 21.9. The van der Waals surface area contributed by atoms with Gasteiger partial charge in [-0.15, -0.1) is 0 Å². The molecule has 3 fully saturated rings. The topological polar surface area (TPSA) is 94.8 Å². The van der Waals surface area contributed by atoms with Crippen molar-refractivity contribution in [3.05, 3.63) is 53.9 Å². The number of ether oxygens (including phenoxy) is 2. The van der Waals surface area contributed by atoms with E-state index in [1.54, 1.807) is 0 Å². The summed E-state index contributed by atoms with van der Waals surface area (Å²) in [4.78, 5) is 28.4. The van der Waals surface area contributed by atoms with Crippen molar-refractivity contribution in [3.63, 3.8) is 0 Å². The van der Waals surface area contributed by atoms with Crippen LogP contribution in [0.1, 0.15) is 55.6 Å². The molecule has 10 heteroatoms. The standard InChI is InChI=1S/C35H39FN6O3/c1-22(36)34(43)42-17-16-41(20-24(42)13-14-37)33-31-30(38-35(39-33)45-21-25-7-5-15-40(25)2)19-29(28-10-6-18-44-32(28)31)27-9-4-3-8-26(27)23-11-12-23/h3-4,8-9,19,23-25H,1,5-7,10-13,15-18,20-21H2,2H3/t24-,25-/m0/s1. The van der Waals surface area contributed by atoms with Gasteiger partial charge in [0.2, 0.25) is 0 Å². The van der Waals surface area contributed by atoms with Crippen LogP contribution in [0.3, 0.4) is 0 Å². The lowest BCUT2D eigenvalue weighted by Gasteiger charge is -2.41. The van der Waals surface area contributed by atoms with Gasteiger partial charge in [-0.2, -0.15) is 15.2 Å². The molecule has 2 saturated heterocycles. The van der Waals surface area contributed by atoms with E-state index >= 15 is 0 Å². The van der Waals surface area contributed by atoms with Gasteiger partial charge in [0.25, 0.3) is 5.91 Å². The molecular formula is C35H39FN6O3. The van der Waals surface area contributed by atoms with E-state index in [4.69, 9.17) is 19.4 Å². The Labute approximate surface area is 263 Å². The second-order valence-electron chi connectivity index (χ2n) is 12.7. The van der Waals surface area contributed by atoms with E-state index in [9.17, 15) is 14.4 Å². The van der Waals surface area contributed by atoms with Gasteiger partial charge < -0.3 is 24.2 Å². The van der Waals surface area contributed by atoms with Gasteiger partial charge in [-0.05, 0) is 80.8 Å². The van der Waals surface area contributed by atoms with Gasteiger partial charge in [0.05, 0.1) is 36.0 Å². The minimum Gasteiger partial charge on any atom is -0.492 e. The van der Waals surface area contributed by atoms with Gasteiger partial charge in [0.1, 0.15) is 18.2 Å². The van der Waals surface area contributed by atoms with Crippen molar-refractivity contribution < 1.29 is 18.7 Å². The number of hydrogen-bond donors (Lipinski definition) is 0. The lowest BCUT2D eigenvalue weighted by atomic mass is 9.88. The van der Waals surface area contributed by atoms with Gasteiger partial charge in [-0.1, -0.05) is 30.8 Å². The molecule has 0 spiro atoms. The van der Waals surface area contributed by atoms with Gasteiger partial charge in [0.15, 0.2) is 5.83 Å². The zero-order valence-electron chi connectivity index (χ0n) is 25.8. The number of rotatable bonds is 8. The molecular weight excluding hydrogens is 571 g/mol. The van der Waals surface area contributed by atoms with Crippen LogP contribution in [0.25, 0.3) is 22.0 Å². The number of piperazine rings is 1. The number of halogens is 1. The molecule has 0 radical (unpaired) electrons. The normalized spacial score (nSPS) is 21.7. The monoisotopic (exact) mass is 610 g/mol. The Bertz CT molecular complexity index is 1680. The molecule has 1 saturated carbocycles. The number of benzene rings is 2. The summed E-state index contributed by atoms with van der Waals surface area (Å²) >= 11 is 0. The van der Waals surface area contributed by atoms with E-state index in [1.807, 2.05) is 0 Å². The SMILES string of the molecule is C=C(F)C(=O)N1CCN(c2nc(OC[C@@H]3CCCN3C)nc3cc(-c4ccccc4C4CC4)c4c(c23)OCCC4)C[C@@H]1CC#N. The Morgan fingerprint density at radius 3 is 2.73 bits per heavy atom. The largest absolute Gasteiger partial charge is 0.492 e. The summed E-state index contributed by atoms with van der Waals surface area (Å²) < 4.78 is 26.7. The van der Waals surface area contributed by atoms with Gasteiger partial charge in [-0.3, -0.25) is 4.79 Å². The second kappa shape index (κ2) is 12.3. The molecule has 3 aliphatic heterocycles. The minimum absolute atomic E-state index is 0.0621. The van der Waals surface area contributed by atoms with E-state index in [2.05, 4.69) is 59.8 Å². The summed E-state index contributed by atoms with van der Waals surface area (Å²) in [6.45, 7) is 6.27. The van der Waals surface area contributed by atoms with Gasteiger partial charge in [0, 0.05) is 31.2 Å². The van der Waals surface area contributed by atoms with Crippen molar-refractivity contribution in [2.75, 3.05) is 51.3 Å². The van der Waals surface area contributed by atoms with Gasteiger partial charge >= 0.3 is 6.01 Å². The third-order valence-electron chi connectivity index (χ3n) is 9.77. The van der Waals surface area contributed by atoms with E-state index < -0.39 is 17.8 Å². The highest BCUT2D eigenvalue weighted by Gasteiger charge is 2.35. The van der Waals surface area contributed by atoms with Crippen molar-refractivity contribution in [1.82, 2.24) is 19.8 Å². The molecule has 1 aliphatic carbocycles. The number of fused-ring (bicyclic) bond motifs is 3. The molecule has 3 aromatic rings. The first kappa shape index (κ1) is 29.5. The summed E-state index contributed by atoms with van der Waals surface area (Å²) in [6, 6.07) is 13.1. The zero-order chi connectivity index (χ0) is 31.1. The van der Waals surface area contributed by atoms with Gasteiger partial charge in [-0.25, -0.2) is 4.39 Å². The molecule has 0 unspecified atom stereocenters. The second-order valence-corrected chi connectivity index (χ2v) is 12.7. The fourth-order valence-electron chi connectivity index (χ4n) is 7.23. The number of amides is 1. The highest BCUT2D eigenvalue weighted by atomic mass is 19.1. The molecule has 0 N–H and O–H groups in total. The fraction of sp³-hybridized carbons (Fsp3) is 0.486. The van der Waals surface area contributed by atoms with E-state index in [0.717, 1.165) is 60.0 Å². The number of aromatic nitrogens is 2. The molecule has 4 heterocycles. The Balaban J connectivity index is 1.36. The number of carbonyl (C=O) groups excluding carboxylic acids is 1. The van der Waals surface area contributed by atoms with Crippen LogP contribution in [0.4, 0.5) is 10.2 Å². The maximum atomic E-state index is 13.9. The van der Waals surface area contributed by atoms with Crippen molar-refractivity contribution in [1.29, 1.82) is 5.26 Å². The Morgan fingerprint density at radius 1 is 1.13 bits per heavy atom. The molecule has 1 aromatic heterocycles. The third-order valence-corrected chi connectivity index (χ3v) is 9.77. The van der Waals surface area contributed by atoms with E-state index in [0.29, 0.717) is 50.1 Å². The smallest absolute Gasteiger partial charge is 0.319 e. The molecule has 0 bridgehead atoms. The molecule has 9 nitrogen and oxygen atoms in total. The predicted molar refractivity (Wildman–Crippen MR) is 170 cm³/mol. The number of hydrogen-bond acceptors (Lipinski definition) is 8. The summed E-state index contributed by atoms with van der Waals surface area (Å²) in [5.74, 6) is 0.240. The van der Waals surface area contributed by atoms with Crippen molar-refractivity contribution in [2.45, 2.75) is 62.9 Å². The summed E-state index contributed by atoms with van der Waals surface area (Å²) in [7, 11) is 2.11. The van der Waals surface area contributed by atoms with Crippen LogP contribution in [-0.4, -0.2) is 84.2 Å². The fourth-order valence-corrected chi connectivity index (χ4v) is 7.23.